The number of aryl methyl sites for hydroxylation is 1. The first kappa shape index (κ1) is 24.1. The quantitative estimate of drug-likeness (QED) is 0.284. The molecule has 0 unspecified atom stereocenters. The molecule has 0 saturated carbocycles. The second-order valence-electron chi connectivity index (χ2n) is 8.43. The van der Waals surface area contributed by atoms with Crippen LogP contribution < -0.4 is 9.47 Å². The van der Waals surface area contributed by atoms with Crippen LogP contribution in [0.1, 0.15) is 41.9 Å². The van der Waals surface area contributed by atoms with Crippen molar-refractivity contribution < 1.29 is 14.3 Å². The molecule has 0 fully saturated rings. The molecule has 0 aliphatic rings. The largest absolute Gasteiger partial charge is 0.493 e. The van der Waals surface area contributed by atoms with Gasteiger partial charge in [-0.1, -0.05) is 55.5 Å². The standard InChI is InChI=1S/C29H31N3O3/c1-5-21(2)31(28(33)23-14-8-6-9-15-23)20-25-22(3)30-32(24-16-10-7-11-17-24)29(25)35-27-19-13-12-18-26(27)34-4/h6-19,21H,5,20H2,1-4H3/t21-/m0/s1. The minimum Gasteiger partial charge on any atom is -0.493 e. The molecule has 0 aliphatic heterocycles. The predicted molar refractivity (Wildman–Crippen MR) is 137 cm³/mol. The van der Waals surface area contributed by atoms with E-state index in [9.17, 15) is 4.79 Å². The average Bonchev–Trinajstić information content (AvgIpc) is 3.22. The Morgan fingerprint density at radius 2 is 1.54 bits per heavy atom. The fourth-order valence-electron chi connectivity index (χ4n) is 3.94. The van der Waals surface area contributed by atoms with Gasteiger partial charge < -0.3 is 14.4 Å². The smallest absolute Gasteiger partial charge is 0.254 e. The van der Waals surface area contributed by atoms with Crippen LogP contribution in [0.15, 0.2) is 84.9 Å². The zero-order valence-corrected chi connectivity index (χ0v) is 20.6. The lowest BCUT2D eigenvalue weighted by Crippen LogP contribution is -2.38. The van der Waals surface area contributed by atoms with E-state index < -0.39 is 0 Å². The highest BCUT2D eigenvalue weighted by molar-refractivity contribution is 5.94. The molecule has 3 aromatic carbocycles. The Hall–Kier alpha value is -4.06. The van der Waals surface area contributed by atoms with Crippen molar-refractivity contribution in [2.24, 2.45) is 0 Å². The number of hydrogen-bond donors (Lipinski definition) is 0. The van der Waals surface area contributed by atoms with Gasteiger partial charge >= 0.3 is 0 Å². The van der Waals surface area contributed by atoms with Crippen molar-refractivity contribution in [3.05, 3.63) is 102 Å². The molecule has 0 saturated heterocycles. The van der Waals surface area contributed by atoms with Gasteiger partial charge in [-0.2, -0.15) is 5.10 Å². The number of carbonyl (C=O) groups excluding carboxylic acids is 1. The van der Waals surface area contributed by atoms with Crippen LogP contribution in [0, 0.1) is 6.92 Å². The van der Waals surface area contributed by atoms with Crippen molar-refractivity contribution in [1.82, 2.24) is 14.7 Å². The first-order valence-corrected chi connectivity index (χ1v) is 11.8. The lowest BCUT2D eigenvalue weighted by Gasteiger charge is -2.29. The maximum atomic E-state index is 13.5. The molecular weight excluding hydrogens is 438 g/mol. The first-order valence-electron chi connectivity index (χ1n) is 11.8. The summed E-state index contributed by atoms with van der Waals surface area (Å²) < 4.78 is 13.8. The van der Waals surface area contributed by atoms with Gasteiger partial charge in [0.1, 0.15) is 0 Å². The molecule has 0 N–H and O–H groups in total. The minimum atomic E-state index is -0.0185. The highest BCUT2D eigenvalue weighted by atomic mass is 16.5. The summed E-state index contributed by atoms with van der Waals surface area (Å²) in [7, 11) is 1.62. The van der Waals surface area contributed by atoms with Crippen LogP contribution in [0.4, 0.5) is 0 Å². The molecule has 0 spiro atoms. The Morgan fingerprint density at radius 3 is 2.17 bits per heavy atom. The van der Waals surface area contributed by atoms with Gasteiger partial charge in [-0.15, -0.1) is 0 Å². The molecule has 0 radical (unpaired) electrons. The summed E-state index contributed by atoms with van der Waals surface area (Å²) >= 11 is 0. The maximum absolute atomic E-state index is 13.5. The number of carbonyl (C=O) groups is 1. The molecule has 6 heteroatoms. The second kappa shape index (κ2) is 10.9. The van der Waals surface area contributed by atoms with Crippen molar-refractivity contribution >= 4 is 5.91 Å². The van der Waals surface area contributed by atoms with E-state index in [-0.39, 0.29) is 11.9 Å². The van der Waals surface area contributed by atoms with E-state index in [2.05, 4.69) is 13.8 Å². The number of hydrogen-bond acceptors (Lipinski definition) is 4. The summed E-state index contributed by atoms with van der Waals surface area (Å²) in [5, 5.41) is 4.82. The molecule has 1 atom stereocenters. The molecule has 180 valence electrons. The van der Waals surface area contributed by atoms with Gasteiger partial charge in [0.25, 0.3) is 5.91 Å². The number of methoxy groups -OCH3 is 1. The number of aromatic nitrogens is 2. The van der Waals surface area contributed by atoms with Crippen LogP contribution in [0.2, 0.25) is 0 Å². The molecule has 0 bridgehead atoms. The number of ether oxygens (including phenoxy) is 2. The number of para-hydroxylation sites is 3. The van der Waals surface area contributed by atoms with Gasteiger partial charge in [0.2, 0.25) is 5.88 Å². The summed E-state index contributed by atoms with van der Waals surface area (Å²) in [6, 6.07) is 26.8. The Balaban J connectivity index is 1.81. The van der Waals surface area contributed by atoms with Crippen molar-refractivity contribution in [2.45, 2.75) is 39.8 Å². The predicted octanol–water partition coefficient (Wildman–Crippen LogP) is 6.42. The molecule has 0 aliphatic carbocycles. The van der Waals surface area contributed by atoms with Crippen LogP contribution in [-0.4, -0.2) is 33.7 Å². The van der Waals surface area contributed by atoms with Gasteiger partial charge in [0, 0.05) is 11.6 Å². The number of nitrogens with zero attached hydrogens (tertiary/aromatic N) is 3. The lowest BCUT2D eigenvalue weighted by molar-refractivity contribution is 0.0670. The minimum absolute atomic E-state index is 0.0185. The highest BCUT2D eigenvalue weighted by Gasteiger charge is 2.27. The van der Waals surface area contributed by atoms with Gasteiger partial charge in [-0.05, 0) is 56.7 Å². The van der Waals surface area contributed by atoms with Crippen LogP contribution in [0.3, 0.4) is 0 Å². The third-order valence-electron chi connectivity index (χ3n) is 6.15. The maximum Gasteiger partial charge on any atom is 0.254 e. The Bertz CT molecular complexity index is 1270. The summed E-state index contributed by atoms with van der Waals surface area (Å²) in [5.41, 5.74) is 3.18. The van der Waals surface area contributed by atoms with E-state index >= 15 is 0 Å². The SMILES string of the molecule is CC[C@H](C)N(Cc1c(C)nn(-c2ccccc2)c1Oc1ccccc1OC)C(=O)c1ccccc1. The first-order chi connectivity index (χ1) is 17.0. The normalized spacial score (nSPS) is 11.7. The van der Waals surface area contributed by atoms with Crippen molar-refractivity contribution in [3.8, 4) is 23.1 Å². The van der Waals surface area contributed by atoms with Gasteiger partial charge in [0.05, 0.1) is 30.6 Å². The Kier molecular flexibility index (Phi) is 7.51. The number of rotatable bonds is 9. The van der Waals surface area contributed by atoms with E-state index in [1.807, 2.05) is 96.8 Å². The zero-order valence-electron chi connectivity index (χ0n) is 20.6. The van der Waals surface area contributed by atoms with Crippen LogP contribution in [-0.2, 0) is 6.54 Å². The monoisotopic (exact) mass is 469 g/mol. The molecular formula is C29H31N3O3. The third kappa shape index (κ3) is 5.22. The number of amides is 1. The van der Waals surface area contributed by atoms with Crippen LogP contribution in [0.25, 0.3) is 5.69 Å². The molecule has 1 heterocycles. The van der Waals surface area contributed by atoms with Crippen molar-refractivity contribution in [3.63, 3.8) is 0 Å². The molecule has 35 heavy (non-hydrogen) atoms. The second-order valence-corrected chi connectivity index (χ2v) is 8.43. The fourth-order valence-corrected chi connectivity index (χ4v) is 3.94. The zero-order chi connectivity index (χ0) is 24.8. The van der Waals surface area contributed by atoms with Crippen molar-refractivity contribution in [2.75, 3.05) is 7.11 Å². The molecule has 1 amide bonds. The van der Waals surface area contributed by atoms with E-state index in [0.29, 0.717) is 29.5 Å². The molecule has 1 aromatic heterocycles. The Morgan fingerprint density at radius 1 is 0.943 bits per heavy atom. The summed E-state index contributed by atoms with van der Waals surface area (Å²) in [6.07, 6.45) is 0.827. The van der Waals surface area contributed by atoms with Gasteiger partial charge in [-0.3, -0.25) is 4.79 Å². The summed E-state index contributed by atoms with van der Waals surface area (Å²) in [5.74, 6) is 1.75. The van der Waals surface area contributed by atoms with Crippen molar-refractivity contribution in [1.29, 1.82) is 0 Å². The van der Waals surface area contributed by atoms with Gasteiger partial charge in [0.15, 0.2) is 11.5 Å². The van der Waals surface area contributed by atoms with Gasteiger partial charge in [-0.25, -0.2) is 4.68 Å². The summed E-state index contributed by atoms with van der Waals surface area (Å²) in [4.78, 5) is 15.4. The molecule has 4 aromatic rings. The van der Waals surface area contributed by atoms with Crippen LogP contribution in [0.5, 0.6) is 17.4 Å². The van der Waals surface area contributed by atoms with E-state index in [4.69, 9.17) is 14.6 Å². The average molecular weight is 470 g/mol. The summed E-state index contributed by atoms with van der Waals surface area (Å²) in [6.45, 7) is 6.47. The third-order valence-corrected chi connectivity index (χ3v) is 6.15. The lowest BCUT2D eigenvalue weighted by atomic mass is 10.1. The van der Waals surface area contributed by atoms with E-state index in [0.717, 1.165) is 23.4 Å². The Labute approximate surface area is 206 Å². The van der Waals surface area contributed by atoms with E-state index in [1.54, 1.807) is 11.8 Å². The van der Waals surface area contributed by atoms with E-state index in [1.165, 1.54) is 0 Å². The molecule has 4 rings (SSSR count). The van der Waals surface area contributed by atoms with Crippen LogP contribution >= 0.6 is 0 Å². The fraction of sp³-hybridized carbons (Fsp3) is 0.241. The highest BCUT2D eigenvalue weighted by Crippen LogP contribution is 2.36. The molecule has 6 nitrogen and oxygen atoms in total. The number of benzene rings is 3. The topological polar surface area (TPSA) is 56.6 Å².